The van der Waals surface area contributed by atoms with E-state index >= 15 is 0 Å². The van der Waals surface area contributed by atoms with E-state index < -0.39 is 0 Å². The summed E-state index contributed by atoms with van der Waals surface area (Å²) < 4.78 is 0. The van der Waals surface area contributed by atoms with E-state index in [2.05, 4.69) is 34.5 Å². The molecule has 2 aliphatic heterocycles. The monoisotopic (exact) mass is 406 g/mol. The normalized spacial score (nSPS) is 17.4. The summed E-state index contributed by atoms with van der Waals surface area (Å²) in [7, 11) is 0. The van der Waals surface area contributed by atoms with Crippen molar-refractivity contribution in [3.05, 3.63) is 65.7 Å². The van der Waals surface area contributed by atoms with Crippen molar-refractivity contribution in [1.82, 2.24) is 14.7 Å². The predicted octanol–water partition coefficient (Wildman–Crippen LogP) is 3.20. The van der Waals surface area contributed by atoms with Crippen LogP contribution in [-0.2, 0) is 17.8 Å². The van der Waals surface area contributed by atoms with Crippen molar-refractivity contribution in [2.24, 2.45) is 0 Å². The van der Waals surface area contributed by atoms with E-state index in [0.29, 0.717) is 13.0 Å². The van der Waals surface area contributed by atoms with Crippen LogP contribution in [0.5, 0.6) is 0 Å². The zero-order chi connectivity index (χ0) is 20.8. The average molecular weight is 407 g/mol. The highest BCUT2D eigenvalue weighted by Crippen LogP contribution is 2.17. The molecule has 2 aromatic carbocycles. The number of benzene rings is 2. The quantitative estimate of drug-likeness (QED) is 0.802. The summed E-state index contributed by atoms with van der Waals surface area (Å²) in [6.07, 6.45) is 2.66. The summed E-state index contributed by atoms with van der Waals surface area (Å²) in [4.78, 5) is 30.6. The fraction of sp³-hybridized carbons (Fsp3) is 0.417. The maximum atomic E-state index is 12.6. The Morgan fingerprint density at radius 1 is 0.867 bits per heavy atom. The molecule has 0 unspecified atom stereocenters. The zero-order valence-electron chi connectivity index (χ0n) is 17.4. The van der Waals surface area contributed by atoms with Crippen LogP contribution >= 0.6 is 0 Å². The smallest absolute Gasteiger partial charge is 0.321 e. The highest BCUT2D eigenvalue weighted by atomic mass is 16.2. The van der Waals surface area contributed by atoms with Gasteiger partial charge in [-0.05, 0) is 36.1 Å². The summed E-state index contributed by atoms with van der Waals surface area (Å²) in [6.45, 7) is 5.82. The van der Waals surface area contributed by atoms with Gasteiger partial charge in [0.05, 0.1) is 0 Å². The van der Waals surface area contributed by atoms with Crippen LogP contribution in [0.2, 0.25) is 0 Å². The number of rotatable bonds is 6. The van der Waals surface area contributed by atoms with Gasteiger partial charge < -0.3 is 15.1 Å². The molecule has 4 rings (SSSR count). The van der Waals surface area contributed by atoms with Gasteiger partial charge in [0.15, 0.2) is 0 Å². The van der Waals surface area contributed by atoms with Gasteiger partial charge in [-0.15, -0.1) is 0 Å². The number of anilines is 1. The third-order valence-corrected chi connectivity index (χ3v) is 5.97. The second kappa shape index (κ2) is 9.76. The first-order valence-electron chi connectivity index (χ1n) is 10.9. The molecular weight excluding hydrogens is 376 g/mol. The topological polar surface area (TPSA) is 55.9 Å². The van der Waals surface area contributed by atoms with Crippen molar-refractivity contribution in [3.63, 3.8) is 0 Å². The number of nitrogens with zero attached hydrogens (tertiary/aromatic N) is 3. The lowest BCUT2D eigenvalue weighted by Gasteiger charge is -2.34. The van der Waals surface area contributed by atoms with Gasteiger partial charge in [0.1, 0.15) is 0 Å². The van der Waals surface area contributed by atoms with E-state index in [0.717, 1.165) is 63.4 Å². The van der Waals surface area contributed by atoms with E-state index in [4.69, 9.17) is 0 Å². The Hall–Kier alpha value is -2.86. The molecule has 30 heavy (non-hydrogen) atoms. The van der Waals surface area contributed by atoms with Gasteiger partial charge in [-0.1, -0.05) is 42.5 Å². The Kier molecular flexibility index (Phi) is 6.64. The lowest BCUT2D eigenvalue weighted by molar-refractivity contribution is -0.128. The number of hydrogen-bond donors (Lipinski definition) is 1. The van der Waals surface area contributed by atoms with Crippen molar-refractivity contribution in [3.8, 4) is 0 Å². The Morgan fingerprint density at radius 2 is 1.60 bits per heavy atom. The third kappa shape index (κ3) is 5.39. The van der Waals surface area contributed by atoms with Crippen LogP contribution in [0.1, 0.15) is 24.0 Å². The highest BCUT2D eigenvalue weighted by Gasteiger charge is 2.22. The number of carbonyl (C=O) groups excluding carboxylic acids is 2. The molecule has 1 N–H and O–H groups in total. The second-order valence-electron chi connectivity index (χ2n) is 8.11. The van der Waals surface area contributed by atoms with Gasteiger partial charge in [0, 0.05) is 57.9 Å². The van der Waals surface area contributed by atoms with Gasteiger partial charge in [0.2, 0.25) is 5.91 Å². The number of amides is 3. The van der Waals surface area contributed by atoms with Crippen molar-refractivity contribution >= 4 is 17.6 Å². The molecule has 0 bridgehead atoms. The predicted molar refractivity (Wildman–Crippen MR) is 118 cm³/mol. The van der Waals surface area contributed by atoms with E-state index in [-0.39, 0.29) is 11.9 Å². The number of nitrogens with one attached hydrogen (secondary N) is 1. The number of carbonyl (C=O) groups is 2. The van der Waals surface area contributed by atoms with Crippen LogP contribution in [-0.4, -0.2) is 65.9 Å². The number of urea groups is 1. The molecule has 2 aromatic rings. The lowest BCUT2D eigenvalue weighted by Crippen LogP contribution is -2.50. The van der Waals surface area contributed by atoms with Crippen LogP contribution in [0.25, 0.3) is 0 Å². The van der Waals surface area contributed by atoms with E-state index in [9.17, 15) is 9.59 Å². The van der Waals surface area contributed by atoms with Crippen LogP contribution in [0, 0.1) is 0 Å². The lowest BCUT2D eigenvalue weighted by atomic mass is 10.1. The zero-order valence-corrected chi connectivity index (χ0v) is 17.4. The van der Waals surface area contributed by atoms with Crippen LogP contribution in [0.3, 0.4) is 0 Å². The van der Waals surface area contributed by atoms with E-state index in [1.807, 2.05) is 40.1 Å². The first-order valence-corrected chi connectivity index (χ1v) is 10.9. The van der Waals surface area contributed by atoms with Crippen LogP contribution in [0.4, 0.5) is 10.5 Å². The van der Waals surface area contributed by atoms with Crippen molar-refractivity contribution in [1.29, 1.82) is 0 Å². The first-order chi connectivity index (χ1) is 14.7. The Bertz CT molecular complexity index is 845. The molecule has 2 heterocycles. The van der Waals surface area contributed by atoms with Crippen LogP contribution in [0.15, 0.2) is 54.6 Å². The molecule has 158 valence electrons. The largest absolute Gasteiger partial charge is 0.338 e. The molecule has 3 amide bonds. The Labute approximate surface area is 178 Å². The van der Waals surface area contributed by atoms with Crippen molar-refractivity contribution in [2.45, 2.75) is 25.8 Å². The molecule has 0 radical (unpaired) electrons. The Morgan fingerprint density at radius 3 is 2.27 bits per heavy atom. The molecule has 0 aliphatic carbocycles. The summed E-state index contributed by atoms with van der Waals surface area (Å²) >= 11 is 0. The molecule has 6 heteroatoms. The summed E-state index contributed by atoms with van der Waals surface area (Å²) in [5.74, 6) is 0.232. The molecule has 2 aliphatic rings. The van der Waals surface area contributed by atoms with E-state index in [1.54, 1.807) is 0 Å². The first kappa shape index (κ1) is 20.4. The number of hydrogen-bond acceptors (Lipinski definition) is 3. The van der Waals surface area contributed by atoms with Crippen molar-refractivity contribution in [2.75, 3.05) is 44.6 Å². The minimum Gasteiger partial charge on any atom is -0.338 e. The van der Waals surface area contributed by atoms with Gasteiger partial charge in [-0.2, -0.15) is 0 Å². The standard InChI is InChI=1S/C24H30N4O2/c29-23-7-4-13-28(23)19-21-8-10-22(11-9-21)25-24(30)27-17-15-26(16-18-27)14-12-20-5-2-1-3-6-20/h1-3,5-6,8-11H,4,7,12-19H2,(H,25,30). The second-order valence-corrected chi connectivity index (χ2v) is 8.11. The van der Waals surface area contributed by atoms with Gasteiger partial charge in [0.25, 0.3) is 0 Å². The van der Waals surface area contributed by atoms with Crippen LogP contribution < -0.4 is 5.32 Å². The minimum atomic E-state index is -0.0415. The maximum absolute atomic E-state index is 12.6. The van der Waals surface area contributed by atoms with Gasteiger partial charge in [-0.3, -0.25) is 9.69 Å². The van der Waals surface area contributed by atoms with Gasteiger partial charge in [-0.25, -0.2) is 4.79 Å². The average Bonchev–Trinajstić information content (AvgIpc) is 3.19. The van der Waals surface area contributed by atoms with E-state index in [1.165, 1.54) is 5.56 Å². The minimum absolute atomic E-state index is 0.0415. The summed E-state index contributed by atoms with van der Waals surface area (Å²) in [5.41, 5.74) is 3.24. The molecule has 2 saturated heterocycles. The fourth-order valence-electron chi connectivity index (χ4n) is 4.09. The molecular formula is C24H30N4O2. The highest BCUT2D eigenvalue weighted by molar-refractivity contribution is 5.89. The third-order valence-electron chi connectivity index (χ3n) is 5.97. The van der Waals surface area contributed by atoms with Crippen molar-refractivity contribution < 1.29 is 9.59 Å². The summed E-state index contributed by atoms with van der Waals surface area (Å²) in [6, 6.07) is 18.3. The molecule has 6 nitrogen and oxygen atoms in total. The maximum Gasteiger partial charge on any atom is 0.321 e. The fourth-order valence-corrected chi connectivity index (χ4v) is 4.09. The SMILES string of the molecule is O=C1CCCN1Cc1ccc(NC(=O)N2CCN(CCc3ccccc3)CC2)cc1. The Balaban J connectivity index is 1.20. The molecule has 0 aromatic heterocycles. The molecule has 0 saturated carbocycles. The van der Waals surface area contributed by atoms with Gasteiger partial charge >= 0.3 is 6.03 Å². The summed E-state index contributed by atoms with van der Waals surface area (Å²) in [5, 5.41) is 3.00. The molecule has 0 spiro atoms. The molecule has 2 fully saturated rings. The number of piperazine rings is 1. The number of likely N-dealkylation sites (tertiary alicyclic amines) is 1. The molecule has 0 atom stereocenters.